The third-order valence-electron chi connectivity index (χ3n) is 4.11. The maximum absolute atomic E-state index is 12.8. The molecule has 128 valence electrons. The number of benzene rings is 1. The summed E-state index contributed by atoms with van der Waals surface area (Å²) in [6.45, 7) is 1.09. The van der Waals surface area contributed by atoms with Gasteiger partial charge in [0.15, 0.2) is 0 Å². The average molecular weight is 333 g/mol. The topological polar surface area (TPSA) is 97.7 Å². The van der Waals surface area contributed by atoms with Gasteiger partial charge in [-0.15, -0.1) is 5.10 Å². The van der Waals surface area contributed by atoms with Gasteiger partial charge >= 0.3 is 5.76 Å². The first-order valence-corrected chi connectivity index (χ1v) is 7.68. The molecule has 1 aromatic heterocycles. The number of aromatic nitrogens is 2. The number of aromatic amines is 1. The summed E-state index contributed by atoms with van der Waals surface area (Å²) in [7, 11) is 3.08. The number of carbonyl (C=O) groups is 1. The molecule has 1 aliphatic heterocycles. The highest BCUT2D eigenvalue weighted by Crippen LogP contribution is 2.28. The molecule has 1 atom stereocenters. The van der Waals surface area contributed by atoms with Gasteiger partial charge in [-0.3, -0.25) is 4.79 Å². The Kier molecular flexibility index (Phi) is 4.54. The van der Waals surface area contributed by atoms with Crippen molar-refractivity contribution in [3.05, 3.63) is 40.2 Å². The van der Waals surface area contributed by atoms with Crippen LogP contribution in [0.4, 0.5) is 0 Å². The van der Waals surface area contributed by atoms with Gasteiger partial charge in [0.25, 0.3) is 5.91 Å². The number of carbonyl (C=O) groups excluding carboxylic acids is 1. The molecule has 2 heterocycles. The molecule has 1 aliphatic rings. The molecule has 8 nitrogen and oxygen atoms in total. The van der Waals surface area contributed by atoms with Crippen LogP contribution < -0.4 is 15.2 Å². The molecule has 0 saturated carbocycles. The summed E-state index contributed by atoms with van der Waals surface area (Å²) in [6.07, 6.45) is 1.63. The zero-order chi connectivity index (χ0) is 17.1. The molecule has 0 aliphatic carbocycles. The number of H-pyrrole nitrogens is 1. The molecule has 1 saturated heterocycles. The van der Waals surface area contributed by atoms with E-state index in [1.165, 1.54) is 0 Å². The molecule has 0 spiro atoms. The average Bonchev–Trinajstić information content (AvgIpc) is 3.07. The van der Waals surface area contributed by atoms with Gasteiger partial charge in [0.05, 0.1) is 20.1 Å². The highest BCUT2D eigenvalue weighted by atomic mass is 16.5. The maximum Gasteiger partial charge on any atom is 0.434 e. The van der Waals surface area contributed by atoms with Crippen molar-refractivity contribution in [3.8, 4) is 11.5 Å². The van der Waals surface area contributed by atoms with Crippen LogP contribution in [0.25, 0.3) is 0 Å². The molecule has 1 N–H and O–H groups in total. The summed E-state index contributed by atoms with van der Waals surface area (Å²) < 4.78 is 15.5. The molecule has 1 fully saturated rings. The monoisotopic (exact) mass is 333 g/mol. The third-order valence-corrected chi connectivity index (χ3v) is 4.11. The SMILES string of the molecule is COc1cc(OC)cc(C(=O)N2CCCC(c3n[nH]c(=O)o3)C2)c1. The lowest BCUT2D eigenvalue weighted by molar-refractivity contribution is 0.0697. The number of piperidine rings is 1. The zero-order valence-corrected chi connectivity index (χ0v) is 13.6. The Hall–Kier alpha value is -2.77. The minimum absolute atomic E-state index is 0.0887. The normalized spacial score (nSPS) is 17.6. The van der Waals surface area contributed by atoms with Crippen LogP contribution in [0.5, 0.6) is 11.5 Å². The molecule has 24 heavy (non-hydrogen) atoms. The van der Waals surface area contributed by atoms with Crippen molar-refractivity contribution in [2.45, 2.75) is 18.8 Å². The number of rotatable bonds is 4. The largest absolute Gasteiger partial charge is 0.497 e. The first kappa shape index (κ1) is 16.1. The van der Waals surface area contributed by atoms with Gasteiger partial charge < -0.3 is 18.8 Å². The minimum Gasteiger partial charge on any atom is -0.497 e. The van der Waals surface area contributed by atoms with Crippen LogP contribution in [0, 0.1) is 0 Å². The fourth-order valence-electron chi connectivity index (χ4n) is 2.89. The first-order valence-electron chi connectivity index (χ1n) is 7.68. The number of hydrogen-bond donors (Lipinski definition) is 1. The van der Waals surface area contributed by atoms with Crippen LogP contribution in [0.2, 0.25) is 0 Å². The molecule has 1 aromatic carbocycles. The summed E-state index contributed by atoms with van der Waals surface area (Å²) in [5.41, 5.74) is 0.496. The summed E-state index contributed by atoms with van der Waals surface area (Å²) in [4.78, 5) is 25.7. The second kappa shape index (κ2) is 6.77. The van der Waals surface area contributed by atoms with Gasteiger partial charge in [0, 0.05) is 24.7 Å². The smallest absolute Gasteiger partial charge is 0.434 e. The Morgan fingerprint density at radius 3 is 2.58 bits per heavy atom. The molecule has 3 rings (SSSR count). The number of amides is 1. The van der Waals surface area contributed by atoms with Crippen molar-refractivity contribution in [1.82, 2.24) is 15.1 Å². The zero-order valence-electron chi connectivity index (χ0n) is 13.6. The Balaban J connectivity index is 1.80. The maximum atomic E-state index is 12.8. The van der Waals surface area contributed by atoms with Crippen molar-refractivity contribution in [2.24, 2.45) is 0 Å². The number of methoxy groups -OCH3 is 2. The third kappa shape index (κ3) is 3.27. The van der Waals surface area contributed by atoms with E-state index in [9.17, 15) is 9.59 Å². The molecule has 0 bridgehead atoms. The van der Waals surface area contributed by atoms with E-state index >= 15 is 0 Å². The van der Waals surface area contributed by atoms with E-state index in [-0.39, 0.29) is 11.8 Å². The van der Waals surface area contributed by atoms with Crippen molar-refractivity contribution in [3.63, 3.8) is 0 Å². The fraction of sp³-hybridized carbons (Fsp3) is 0.438. The van der Waals surface area contributed by atoms with Crippen LogP contribution in [-0.2, 0) is 0 Å². The van der Waals surface area contributed by atoms with Crippen LogP contribution in [-0.4, -0.2) is 48.3 Å². The number of hydrogen-bond acceptors (Lipinski definition) is 6. The van der Waals surface area contributed by atoms with Gasteiger partial charge in [-0.25, -0.2) is 9.89 Å². The van der Waals surface area contributed by atoms with E-state index < -0.39 is 5.76 Å². The van der Waals surface area contributed by atoms with Gasteiger partial charge in [0.1, 0.15) is 11.5 Å². The van der Waals surface area contributed by atoms with Crippen molar-refractivity contribution < 1.29 is 18.7 Å². The first-order chi connectivity index (χ1) is 11.6. The highest BCUT2D eigenvalue weighted by Gasteiger charge is 2.29. The highest BCUT2D eigenvalue weighted by molar-refractivity contribution is 5.95. The van der Waals surface area contributed by atoms with Gasteiger partial charge in [-0.1, -0.05) is 0 Å². The number of nitrogens with one attached hydrogen (secondary N) is 1. The lowest BCUT2D eigenvalue weighted by atomic mass is 9.97. The summed E-state index contributed by atoms with van der Waals surface area (Å²) in [5, 5.41) is 6.14. The van der Waals surface area contributed by atoms with E-state index in [0.29, 0.717) is 36.0 Å². The number of likely N-dealkylation sites (tertiary alicyclic amines) is 1. The van der Waals surface area contributed by atoms with Crippen LogP contribution >= 0.6 is 0 Å². The molecule has 2 aromatic rings. The lowest BCUT2D eigenvalue weighted by Crippen LogP contribution is -2.39. The standard InChI is InChI=1S/C16H19N3O5/c1-22-12-6-11(7-13(8-12)23-2)15(20)19-5-3-4-10(9-19)14-17-18-16(21)24-14/h6-8,10H,3-5,9H2,1-2H3,(H,18,21). The molecular formula is C16H19N3O5. The second-order valence-corrected chi connectivity index (χ2v) is 5.64. The van der Waals surface area contributed by atoms with E-state index in [2.05, 4.69) is 10.2 Å². The van der Waals surface area contributed by atoms with E-state index in [1.54, 1.807) is 37.3 Å². The number of nitrogens with zero attached hydrogens (tertiary/aromatic N) is 2. The molecular weight excluding hydrogens is 314 g/mol. The van der Waals surface area contributed by atoms with Gasteiger partial charge in [-0.05, 0) is 25.0 Å². The lowest BCUT2D eigenvalue weighted by Gasteiger charge is -2.31. The number of ether oxygens (including phenoxy) is 2. The summed E-state index contributed by atoms with van der Waals surface area (Å²) >= 11 is 0. The quantitative estimate of drug-likeness (QED) is 0.908. The molecule has 0 radical (unpaired) electrons. The fourth-order valence-corrected chi connectivity index (χ4v) is 2.89. The molecule has 8 heteroatoms. The predicted octanol–water partition coefficient (Wildman–Crippen LogP) is 1.40. The van der Waals surface area contributed by atoms with Crippen molar-refractivity contribution >= 4 is 5.91 Å². The molecule has 1 amide bonds. The van der Waals surface area contributed by atoms with Gasteiger partial charge in [0.2, 0.25) is 5.89 Å². The van der Waals surface area contributed by atoms with Crippen molar-refractivity contribution in [2.75, 3.05) is 27.3 Å². The van der Waals surface area contributed by atoms with Crippen molar-refractivity contribution in [1.29, 1.82) is 0 Å². The molecule has 1 unspecified atom stereocenters. The van der Waals surface area contributed by atoms with E-state index in [0.717, 1.165) is 12.8 Å². The second-order valence-electron chi connectivity index (χ2n) is 5.64. The summed E-state index contributed by atoms with van der Waals surface area (Å²) in [6, 6.07) is 5.08. The Morgan fingerprint density at radius 2 is 2.00 bits per heavy atom. The minimum atomic E-state index is -0.578. The van der Waals surface area contributed by atoms with Gasteiger partial charge in [-0.2, -0.15) is 0 Å². The Labute approximate surface area is 138 Å². The Bertz CT molecular complexity index is 760. The van der Waals surface area contributed by atoms with Crippen LogP contribution in [0.1, 0.15) is 35.0 Å². The van der Waals surface area contributed by atoms with Crippen LogP contribution in [0.3, 0.4) is 0 Å². The Morgan fingerprint density at radius 1 is 1.29 bits per heavy atom. The van der Waals surface area contributed by atoms with Crippen LogP contribution in [0.15, 0.2) is 27.4 Å². The predicted molar refractivity (Wildman–Crippen MR) is 84.5 cm³/mol. The van der Waals surface area contributed by atoms with E-state index in [1.807, 2.05) is 0 Å². The summed E-state index contributed by atoms with van der Waals surface area (Å²) in [5.74, 6) is 0.685. The van der Waals surface area contributed by atoms with E-state index in [4.69, 9.17) is 13.9 Å².